The zero-order valence-electron chi connectivity index (χ0n) is 48.5. The maximum atomic E-state index is 10.7. The van der Waals surface area contributed by atoms with Gasteiger partial charge in [-0.2, -0.15) is 0 Å². The smallest absolute Gasteiger partial charge is 0.127 e. The van der Waals surface area contributed by atoms with E-state index in [2.05, 4.69) is 163 Å². The Morgan fingerprint density at radius 1 is 0.306 bits per heavy atom. The van der Waals surface area contributed by atoms with Gasteiger partial charge in [0.25, 0.3) is 0 Å². The van der Waals surface area contributed by atoms with E-state index < -0.39 is 0 Å². The molecule has 0 aliphatic rings. The summed E-state index contributed by atoms with van der Waals surface area (Å²) in [5, 5.41) is 22.6. The lowest BCUT2D eigenvalue weighted by Crippen LogP contribution is -1.88. The number of benzene rings is 2. The van der Waals surface area contributed by atoms with Gasteiger partial charge in [-0.1, -0.05) is 164 Å². The van der Waals surface area contributed by atoms with Gasteiger partial charge >= 0.3 is 0 Å². The molecule has 0 fully saturated rings. The van der Waals surface area contributed by atoms with Crippen molar-refractivity contribution in [3.8, 4) is 11.5 Å². The van der Waals surface area contributed by atoms with Crippen LogP contribution in [0.2, 0.25) is 0 Å². The molecular formula is C70H104O2. The summed E-state index contributed by atoms with van der Waals surface area (Å²) in [5.74, 6) is 0.485. The Morgan fingerprint density at radius 3 is 0.778 bits per heavy atom. The highest BCUT2D eigenvalue weighted by atomic mass is 16.3. The Hall–Kier alpha value is -4.82. The molecule has 0 saturated heterocycles. The normalized spacial score (nSPS) is 14.5. The molecule has 0 bridgehead atoms. The molecule has 0 radical (unpaired) electrons. The Morgan fingerprint density at radius 2 is 0.528 bits per heavy atom. The van der Waals surface area contributed by atoms with E-state index in [1.807, 2.05) is 24.3 Å². The largest absolute Gasteiger partial charge is 0.507 e. The molecule has 72 heavy (non-hydrogen) atoms. The van der Waals surface area contributed by atoms with Gasteiger partial charge in [-0.15, -0.1) is 0 Å². The van der Waals surface area contributed by atoms with E-state index in [0.717, 1.165) is 108 Å². The van der Waals surface area contributed by atoms with E-state index in [4.69, 9.17) is 0 Å². The van der Waals surface area contributed by atoms with Gasteiger partial charge in [0.15, 0.2) is 0 Å². The third-order valence-corrected chi connectivity index (χ3v) is 14.1. The number of fused-ring (bicyclic) bond motifs is 1. The van der Waals surface area contributed by atoms with Crippen molar-refractivity contribution in [2.24, 2.45) is 0 Å². The molecule has 2 aromatic rings. The molecule has 396 valence electrons. The standard InChI is InChI=1S/C70H104O2/c1-54(2)27-16-28-55(3)29-17-30-56(4)31-18-32-57(5)33-19-34-58(6)35-20-36-59(7)37-21-38-60(8)39-22-40-61(9)41-23-42-62(10)43-24-44-63(11)45-25-46-64(12)47-26-48-65(13)51-52-66-53-69(71)67-49-14-15-50-68(67)70(66)72/h14-15,27,29,31,33,35,37,39,41,43,45,47,49-51,53,71-72H,16-26,28,30,32,34,36,38,40,42,44,46,48,52H2,1-13H3/b55-29+,56-31+,57-33+,58-35+,59-37+,60-39+,61-41+,62-43+,63-45+,64-47+,65-51+. The molecule has 0 aromatic heterocycles. The summed E-state index contributed by atoms with van der Waals surface area (Å²) in [7, 11) is 0. The first-order valence-corrected chi connectivity index (χ1v) is 28.2. The van der Waals surface area contributed by atoms with Crippen molar-refractivity contribution in [1.82, 2.24) is 0 Å². The van der Waals surface area contributed by atoms with Crippen LogP contribution in [0, 0.1) is 0 Å². The van der Waals surface area contributed by atoms with Crippen LogP contribution in [0.1, 0.15) is 237 Å². The van der Waals surface area contributed by atoms with Crippen molar-refractivity contribution in [2.45, 2.75) is 238 Å². The van der Waals surface area contributed by atoms with Gasteiger partial charge in [0, 0.05) is 16.3 Å². The monoisotopic (exact) mass is 977 g/mol. The first-order valence-electron chi connectivity index (χ1n) is 28.2. The van der Waals surface area contributed by atoms with Crippen molar-refractivity contribution < 1.29 is 10.2 Å². The minimum atomic E-state index is 0.220. The van der Waals surface area contributed by atoms with Crippen molar-refractivity contribution in [1.29, 1.82) is 0 Å². The molecular weight excluding hydrogens is 873 g/mol. The third kappa shape index (κ3) is 30.9. The highest BCUT2D eigenvalue weighted by Crippen LogP contribution is 2.36. The number of rotatable bonds is 35. The molecule has 0 saturated carbocycles. The van der Waals surface area contributed by atoms with Crippen LogP contribution in [0.15, 0.2) is 170 Å². The topological polar surface area (TPSA) is 40.5 Å². The van der Waals surface area contributed by atoms with Crippen LogP contribution in [-0.4, -0.2) is 10.2 Å². The predicted octanol–water partition coefficient (Wildman–Crippen LogP) is 22.8. The SMILES string of the molecule is CC(C)=CCC/C(C)=C/CC/C(C)=C/CC/C(C)=C/CC/C(C)=C/CC/C(C)=C/CC/C(C)=C/CC/C(C)=C/CC/C(C)=C/CC/C(C)=C/CC/C(C)=C/CC/C(C)=C/Cc1cc(O)c2ccccc2c1O. The number of aromatic hydroxyl groups is 2. The molecule has 0 spiro atoms. The molecule has 2 heteroatoms. The molecule has 0 heterocycles. The van der Waals surface area contributed by atoms with Crippen molar-refractivity contribution >= 4 is 10.8 Å². The van der Waals surface area contributed by atoms with Crippen LogP contribution in [-0.2, 0) is 6.42 Å². The summed E-state index contributed by atoms with van der Waals surface area (Å²) in [4.78, 5) is 0. The number of hydrogen-bond acceptors (Lipinski definition) is 2. The second kappa shape index (κ2) is 37.9. The summed E-state index contributed by atoms with van der Waals surface area (Å²) in [6.45, 7) is 29.5. The Balaban J connectivity index is 1.56. The maximum Gasteiger partial charge on any atom is 0.127 e. The molecule has 0 aliphatic carbocycles. The molecule has 0 amide bonds. The van der Waals surface area contributed by atoms with Crippen LogP contribution >= 0.6 is 0 Å². The fraction of sp³-hybridized carbons (Fsp3) is 0.514. The molecule has 0 aliphatic heterocycles. The summed E-state index contributed by atoms with van der Waals surface area (Å²) in [6.07, 6.45) is 54.6. The number of allylic oxidation sites excluding steroid dienone is 24. The van der Waals surface area contributed by atoms with Crippen molar-refractivity contribution in [3.05, 3.63) is 176 Å². The van der Waals surface area contributed by atoms with E-state index in [1.54, 1.807) is 6.07 Å². The van der Waals surface area contributed by atoms with E-state index in [-0.39, 0.29) is 11.5 Å². The summed E-state index contributed by atoms with van der Waals surface area (Å²) in [5.41, 5.74) is 18.6. The molecule has 2 rings (SSSR count). The van der Waals surface area contributed by atoms with Crippen LogP contribution in [0.3, 0.4) is 0 Å². The van der Waals surface area contributed by atoms with Gasteiger partial charge in [-0.3, -0.25) is 0 Å². The first kappa shape index (κ1) is 63.3. The Kier molecular flexibility index (Phi) is 33.3. The lowest BCUT2D eigenvalue weighted by atomic mass is 10.00. The van der Waals surface area contributed by atoms with Crippen molar-refractivity contribution in [3.63, 3.8) is 0 Å². The quantitative estimate of drug-likeness (QED) is 0.0534. The second-order valence-electron chi connectivity index (χ2n) is 21.9. The maximum absolute atomic E-state index is 10.7. The lowest BCUT2D eigenvalue weighted by Gasteiger charge is -2.09. The van der Waals surface area contributed by atoms with E-state index in [1.165, 1.54) is 105 Å². The lowest BCUT2D eigenvalue weighted by molar-refractivity contribution is 0.465. The van der Waals surface area contributed by atoms with Gasteiger partial charge in [-0.05, 0) is 244 Å². The fourth-order valence-corrected chi connectivity index (χ4v) is 9.01. The van der Waals surface area contributed by atoms with Crippen LogP contribution < -0.4 is 0 Å². The van der Waals surface area contributed by atoms with Gasteiger partial charge < -0.3 is 10.2 Å². The molecule has 2 aromatic carbocycles. The van der Waals surface area contributed by atoms with E-state index >= 15 is 0 Å². The Labute approximate surface area is 443 Å². The summed E-state index contributed by atoms with van der Waals surface area (Å²) < 4.78 is 0. The third-order valence-electron chi connectivity index (χ3n) is 14.1. The fourth-order valence-electron chi connectivity index (χ4n) is 9.01. The van der Waals surface area contributed by atoms with Crippen LogP contribution in [0.5, 0.6) is 11.5 Å². The minimum absolute atomic E-state index is 0.220. The average Bonchev–Trinajstić information content (AvgIpc) is 3.32. The van der Waals surface area contributed by atoms with Crippen molar-refractivity contribution in [2.75, 3.05) is 0 Å². The first-order chi connectivity index (χ1) is 34.4. The zero-order valence-corrected chi connectivity index (χ0v) is 48.5. The van der Waals surface area contributed by atoms with Gasteiger partial charge in [0.2, 0.25) is 0 Å². The summed E-state index contributed by atoms with van der Waals surface area (Å²) in [6, 6.07) is 9.15. The molecule has 0 unspecified atom stereocenters. The number of phenolic OH excluding ortho intramolecular Hbond substituents is 2. The number of phenols is 2. The van der Waals surface area contributed by atoms with Gasteiger partial charge in [0.05, 0.1) is 0 Å². The highest BCUT2D eigenvalue weighted by molar-refractivity contribution is 5.94. The number of hydrogen-bond donors (Lipinski definition) is 2. The molecule has 0 atom stereocenters. The van der Waals surface area contributed by atoms with Crippen LogP contribution in [0.4, 0.5) is 0 Å². The van der Waals surface area contributed by atoms with Gasteiger partial charge in [0.1, 0.15) is 11.5 Å². The minimum Gasteiger partial charge on any atom is -0.507 e. The van der Waals surface area contributed by atoms with Crippen LogP contribution in [0.25, 0.3) is 10.8 Å². The average molecular weight is 978 g/mol. The summed E-state index contributed by atoms with van der Waals surface area (Å²) >= 11 is 0. The second-order valence-corrected chi connectivity index (χ2v) is 21.9. The molecule has 2 nitrogen and oxygen atoms in total. The molecule has 2 N–H and O–H groups in total. The highest BCUT2D eigenvalue weighted by Gasteiger charge is 2.10. The van der Waals surface area contributed by atoms with E-state index in [9.17, 15) is 10.2 Å². The van der Waals surface area contributed by atoms with E-state index in [0.29, 0.717) is 17.2 Å². The predicted molar refractivity (Wildman–Crippen MR) is 323 cm³/mol. The van der Waals surface area contributed by atoms with Gasteiger partial charge in [-0.25, -0.2) is 0 Å². The zero-order chi connectivity index (χ0) is 53.1. The Bertz CT molecular complexity index is 2310.